The maximum Gasteiger partial charge on any atom is 0.272 e. The average Bonchev–Trinajstić information content (AvgIpc) is 3.47. The Kier molecular flexibility index (Phi) is 6.39. The van der Waals surface area contributed by atoms with E-state index in [0.29, 0.717) is 36.6 Å². The van der Waals surface area contributed by atoms with Crippen molar-refractivity contribution in [1.82, 2.24) is 10.2 Å². The molecule has 2 unspecified atom stereocenters. The van der Waals surface area contributed by atoms with Gasteiger partial charge in [0.25, 0.3) is 11.6 Å². The lowest BCUT2D eigenvalue weighted by atomic mass is 10.1. The van der Waals surface area contributed by atoms with Crippen LogP contribution in [0.5, 0.6) is 0 Å². The average molecular weight is 437 g/mol. The molecule has 2 aromatic rings. The Morgan fingerprint density at radius 2 is 1.91 bits per heavy atom. The van der Waals surface area contributed by atoms with E-state index in [2.05, 4.69) is 22.3 Å². The molecule has 2 atom stereocenters. The molecule has 2 saturated heterocycles. The molecule has 8 nitrogen and oxygen atoms in total. The van der Waals surface area contributed by atoms with Crippen LogP contribution in [0.3, 0.4) is 0 Å². The molecule has 2 fully saturated rings. The lowest BCUT2D eigenvalue weighted by Gasteiger charge is -2.25. The molecule has 8 heteroatoms. The number of nitro benzene ring substituents is 1. The second-order valence-electron chi connectivity index (χ2n) is 8.60. The van der Waals surface area contributed by atoms with E-state index in [1.807, 2.05) is 18.2 Å². The van der Waals surface area contributed by atoms with Gasteiger partial charge in [-0.15, -0.1) is 0 Å². The van der Waals surface area contributed by atoms with Crippen molar-refractivity contribution in [1.29, 1.82) is 0 Å². The summed E-state index contributed by atoms with van der Waals surface area (Å²) >= 11 is 0. The number of aryl methyl sites for hydroxylation is 1. The maximum atomic E-state index is 13.0. The first-order valence-electron chi connectivity index (χ1n) is 11.1. The summed E-state index contributed by atoms with van der Waals surface area (Å²) in [6, 6.07) is 14.1. The summed E-state index contributed by atoms with van der Waals surface area (Å²) in [6.45, 7) is 4.59. The smallest absolute Gasteiger partial charge is 0.272 e. The molecule has 2 aromatic carbocycles. The number of hydrogen-bond donors (Lipinski definition) is 1. The predicted octanol–water partition coefficient (Wildman–Crippen LogP) is 3.15. The highest BCUT2D eigenvalue weighted by Crippen LogP contribution is 2.25. The number of nitrogens with zero attached hydrogens (tertiary/aromatic N) is 3. The molecule has 0 aliphatic carbocycles. The highest BCUT2D eigenvalue weighted by Gasteiger charge is 2.35. The van der Waals surface area contributed by atoms with E-state index in [4.69, 9.17) is 0 Å². The van der Waals surface area contributed by atoms with Crippen LogP contribution in [-0.4, -0.2) is 53.9 Å². The lowest BCUT2D eigenvalue weighted by Crippen LogP contribution is -2.47. The summed E-state index contributed by atoms with van der Waals surface area (Å²) in [6.07, 6.45) is 2.41. The van der Waals surface area contributed by atoms with Crippen molar-refractivity contribution in [3.63, 3.8) is 0 Å². The van der Waals surface area contributed by atoms with Crippen LogP contribution in [0.4, 0.5) is 11.4 Å². The Morgan fingerprint density at radius 1 is 1.12 bits per heavy atom. The van der Waals surface area contributed by atoms with Gasteiger partial charge in [0.2, 0.25) is 5.91 Å². The number of anilines is 1. The van der Waals surface area contributed by atoms with E-state index < -0.39 is 11.0 Å². The Labute approximate surface area is 187 Å². The predicted molar refractivity (Wildman–Crippen MR) is 122 cm³/mol. The van der Waals surface area contributed by atoms with Crippen molar-refractivity contribution in [2.75, 3.05) is 31.1 Å². The largest absolute Gasteiger partial charge is 0.371 e. The second kappa shape index (κ2) is 9.38. The number of para-hydroxylation sites is 1. The van der Waals surface area contributed by atoms with Crippen LogP contribution >= 0.6 is 0 Å². The molecule has 0 radical (unpaired) electrons. The monoisotopic (exact) mass is 436 g/mol. The fourth-order valence-electron chi connectivity index (χ4n) is 4.68. The van der Waals surface area contributed by atoms with Crippen LogP contribution in [0, 0.1) is 23.0 Å². The number of amides is 2. The van der Waals surface area contributed by atoms with Gasteiger partial charge in [0.15, 0.2) is 0 Å². The van der Waals surface area contributed by atoms with Gasteiger partial charge in [-0.25, -0.2) is 0 Å². The van der Waals surface area contributed by atoms with Gasteiger partial charge >= 0.3 is 0 Å². The zero-order valence-corrected chi connectivity index (χ0v) is 18.2. The highest BCUT2D eigenvalue weighted by molar-refractivity contribution is 5.98. The first-order chi connectivity index (χ1) is 15.4. The Hall–Kier alpha value is -3.42. The normalized spacial score (nSPS) is 20.4. The molecule has 32 heavy (non-hydrogen) atoms. The maximum absolute atomic E-state index is 13.0. The van der Waals surface area contributed by atoms with E-state index >= 15 is 0 Å². The first-order valence-corrected chi connectivity index (χ1v) is 11.1. The van der Waals surface area contributed by atoms with Gasteiger partial charge in [0.1, 0.15) is 6.04 Å². The molecular formula is C24H28N4O4. The van der Waals surface area contributed by atoms with Gasteiger partial charge in [-0.05, 0) is 56.4 Å². The molecule has 0 spiro atoms. The third-order valence-electron chi connectivity index (χ3n) is 6.43. The van der Waals surface area contributed by atoms with Gasteiger partial charge in [0, 0.05) is 49.1 Å². The molecule has 1 N–H and O–H groups in total. The quantitative estimate of drug-likeness (QED) is 0.554. The minimum Gasteiger partial charge on any atom is -0.371 e. The van der Waals surface area contributed by atoms with Gasteiger partial charge < -0.3 is 15.1 Å². The van der Waals surface area contributed by atoms with Crippen molar-refractivity contribution in [3.05, 3.63) is 69.8 Å². The Bertz CT molecular complexity index is 1010. The van der Waals surface area contributed by atoms with Crippen molar-refractivity contribution in [2.45, 2.75) is 32.2 Å². The van der Waals surface area contributed by atoms with E-state index in [0.717, 1.165) is 25.9 Å². The highest BCUT2D eigenvalue weighted by atomic mass is 16.6. The lowest BCUT2D eigenvalue weighted by molar-refractivity contribution is -0.385. The summed E-state index contributed by atoms with van der Waals surface area (Å²) in [4.78, 5) is 40.4. The molecule has 168 valence electrons. The summed E-state index contributed by atoms with van der Waals surface area (Å²) < 4.78 is 0. The SMILES string of the molecule is Cc1cc(C(=O)N2CCCC2C(=O)NCC2CCN(c3ccccc3)C2)ccc1[N+](=O)[O-]. The van der Waals surface area contributed by atoms with Gasteiger partial charge in [-0.2, -0.15) is 0 Å². The van der Waals surface area contributed by atoms with Crippen LogP contribution in [-0.2, 0) is 4.79 Å². The van der Waals surface area contributed by atoms with Crippen LogP contribution in [0.15, 0.2) is 48.5 Å². The Balaban J connectivity index is 1.34. The number of rotatable bonds is 6. The molecule has 4 rings (SSSR count). The number of hydrogen-bond acceptors (Lipinski definition) is 5. The zero-order chi connectivity index (χ0) is 22.7. The minimum atomic E-state index is -0.496. The fraction of sp³-hybridized carbons (Fsp3) is 0.417. The molecule has 0 saturated carbocycles. The third-order valence-corrected chi connectivity index (χ3v) is 6.43. The number of nitrogens with one attached hydrogen (secondary N) is 1. The molecule has 0 aromatic heterocycles. The fourth-order valence-corrected chi connectivity index (χ4v) is 4.68. The number of benzene rings is 2. The summed E-state index contributed by atoms with van der Waals surface area (Å²) in [5.41, 5.74) is 2.00. The molecule has 2 heterocycles. The zero-order valence-electron chi connectivity index (χ0n) is 18.2. The van der Waals surface area contributed by atoms with E-state index in [1.165, 1.54) is 23.9 Å². The minimum absolute atomic E-state index is 0.0154. The van der Waals surface area contributed by atoms with Crippen molar-refractivity contribution < 1.29 is 14.5 Å². The van der Waals surface area contributed by atoms with E-state index in [1.54, 1.807) is 11.8 Å². The molecule has 0 bridgehead atoms. The molecule has 2 aliphatic rings. The summed E-state index contributed by atoms with van der Waals surface area (Å²) in [7, 11) is 0. The van der Waals surface area contributed by atoms with Gasteiger partial charge in [0.05, 0.1) is 4.92 Å². The van der Waals surface area contributed by atoms with Gasteiger partial charge in [-0.3, -0.25) is 19.7 Å². The third kappa shape index (κ3) is 4.59. The van der Waals surface area contributed by atoms with Crippen molar-refractivity contribution in [2.24, 2.45) is 5.92 Å². The van der Waals surface area contributed by atoms with Crippen LogP contribution in [0.25, 0.3) is 0 Å². The van der Waals surface area contributed by atoms with Crippen molar-refractivity contribution >= 4 is 23.2 Å². The molecule has 2 amide bonds. The van der Waals surface area contributed by atoms with Crippen LogP contribution in [0.1, 0.15) is 35.2 Å². The van der Waals surface area contributed by atoms with E-state index in [9.17, 15) is 19.7 Å². The topological polar surface area (TPSA) is 95.8 Å². The summed E-state index contributed by atoms with van der Waals surface area (Å²) in [5.74, 6) is 0.00597. The first kappa shape index (κ1) is 21.8. The number of carbonyl (C=O) groups excluding carboxylic acids is 2. The summed E-state index contributed by atoms with van der Waals surface area (Å²) in [5, 5.41) is 14.1. The standard InChI is InChI=1S/C24H28N4O4/c1-17-14-19(9-10-21(17)28(31)32)24(30)27-12-5-8-22(27)23(29)25-15-18-11-13-26(16-18)20-6-3-2-4-7-20/h2-4,6-7,9-10,14,18,22H,5,8,11-13,15-16H2,1H3,(H,25,29). The van der Waals surface area contributed by atoms with Crippen LogP contribution < -0.4 is 10.2 Å². The van der Waals surface area contributed by atoms with Crippen LogP contribution in [0.2, 0.25) is 0 Å². The number of likely N-dealkylation sites (tertiary alicyclic amines) is 1. The Morgan fingerprint density at radius 3 is 2.62 bits per heavy atom. The second-order valence-corrected chi connectivity index (χ2v) is 8.60. The van der Waals surface area contributed by atoms with Gasteiger partial charge in [-0.1, -0.05) is 18.2 Å². The molecular weight excluding hydrogens is 408 g/mol. The molecule has 2 aliphatic heterocycles. The van der Waals surface area contributed by atoms with Crippen molar-refractivity contribution in [3.8, 4) is 0 Å². The van der Waals surface area contributed by atoms with E-state index in [-0.39, 0.29) is 17.5 Å². The number of carbonyl (C=O) groups is 2. The number of nitro groups is 1.